The first kappa shape index (κ1) is 20.3. The average Bonchev–Trinajstić information content (AvgIpc) is 2.65. The van der Waals surface area contributed by atoms with Gasteiger partial charge >= 0.3 is 5.97 Å². The van der Waals surface area contributed by atoms with Crippen molar-refractivity contribution in [3.63, 3.8) is 0 Å². The molecular weight excluding hydrogens is 360 g/mol. The third-order valence-corrected chi connectivity index (χ3v) is 6.13. The largest absolute Gasteiger partial charge is 0.481 e. The molecule has 1 unspecified atom stereocenters. The van der Waals surface area contributed by atoms with E-state index in [2.05, 4.69) is 5.32 Å². The van der Waals surface area contributed by atoms with E-state index in [9.17, 15) is 18.0 Å². The molecule has 8 nitrogen and oxygen atoms in total. The Morgan fingerprint density at radius 3 is 2.38 bits per heavy atom. The number of carbonyl (C=O) groups is 2. The highest BCUT2D eigenvalue weighted by Gasteiger charge is 2.26. The van der Waals surface area contributed by atoms with Crippen LogP contribution >= 0.6 is 0 Å². The Bertz CT molecular complexity index is 726. The van der Waals surface area contributed by atoms with Crippen molar-refractivity contribution in [1.29, 1.82) is 0 Å². The molecule has 0 saturated carbocycles. The van der Waals surface area contributed by atoms with Crippen molar-refractivity contribution in [2.24, 2.45) is 5.92 Å². The fraction of sp³-hybridized carbons (Fsp3) is 0.529. The van der Waals surface area contributed by atoms with E-state index in [-0.39, 0.29) is 17.0 Å². The number of nitrogens with one attached hydrogen (secondary N) is 1. The Labute approximate surface area is 153 Å². The molecule has 9 heteroatoms. The zero-order chi connectivity index (χ0) is 19.2. The molecule has 2 N–H and O–H groups in total. The van der Waals surface area contributed by atoms with Gasteiger partial charge in [-0.3, -0.25) is 9.59 Å². The van der Waals surface area contributed by atoms with Gasteiger partial charge in [0.25, 0.3) is 5.91 Å². The summed E-state index contributed by atoms with van der Waals surface area (Å²) in [7, 11) is -3.60. The molecule has 1 atom stereocenters. The maximum atomic E-state index is 12.5. The summed E-state index contributed by atoms with van der Waals surface area (Å²) in [6.07, 6.45) is 1.19. The molecule has 144 valence electrons. The Balaban J connectivity index is 2.02. The molecule has 0 spiro atoms. The van der Waals surface area contributed by atoms with Crippen LogP contribution in [0.5, 0.6) is 0 Å². The maximum absolute atomic E-state index is 12.5. The number of hydrogen-bond donors (Lipinski definition) is 2. The van der Waals surface area contributed by atoms with Gasteiger partial charge in [-0.25, -0.2) is 8.42 Å². The first-order valence-electron chi connectivity index (χ1n) is 8.55. The number of carboxylic acid groups (broad SMARTS) is 1. The molecule has 0 bridgehead atoms. The minimum absolute atomic E-state index is 0.0375. The number of benzene rings is 1. The van der Waals surface area contributed by atoms with Crippen LogP contribution in [0.3, 0.4) is 0 Å². The lowest BCUT2D eigenvalue weighted by Gasteiger charge is -2.26. The van der Waals surface area contributed by atoms with Crippen molar-refractivity contribution in [2.45, 2.75) is 24.7 Å². The normalized spacial score (nSPS) is 16.8. The van der Waals surface area contributed by atoms with Gasteiger partial charge in [0.05, 0.1) is 24.0 Å². The summed E-state index contributed by atoms with van der Waals surface area (Å²) in [5.41, 5.74) is 0.284. The number of ether oxygens (including phenoxy) is 1. The van der Waals surface area contributed by atoms with Crippen LogP contribution in [0.25, 0.3) is 0 Å². The number of aliphatic carboxylic acids is 1. The zero-order valence-corrected chi connectivity index (χ0v) is 15.5. The molecule has 1 aromatic carbocycles. The van der Waals surface area contributed by atoms with Gasteiger partial charge in [0.1, 0.15) is 0 Å². The van der Waals surface area contributed by atoms with Gasteiger partial charge < -0.3 is 15.2 Å². The molecule has 1 aliphatic heterocycles. The molecule has 1 amide bonds. The summed E-state index contributed by atoms with van der Waals surface area (Å²) < 4.78 is 31.6. The third kappa shape index (κ3) is 5.03. The molecule has 2 rings (SSSR count). The summed E-state index contributed by atoms with van der Waals surface area (Å²) >= 11 is 0. The monoisotopic (exact) mass is 384 g/mol. The zero-order valence-electron chi connectivity index (χ0n) is 14.7. The second-order valence-corrected chi connectivity index (χ2v) is 8.01. The maximum Gasteiger partial charge on any atom is 0.308 e. The molecule has 1 heterocycles. The van der Waals surface area contributed by atoms with Crippen LogP contribution in [0.2, 0.25) is 0 Å². The predicted molar refractivity (Wildman–Crippen MR) is 94.4 cm³/mol. The van der Waals surface area contributed by atoms with Crippen LogP contribution in [0, 0.1) is 5.92 Å². The van der Waals surface area contributed by atoms with Crippen molar-refractivity contribution in [2.75, 3.05) is 32.8 Å². The van der Waals surface area contributed by atoms with Crippen molar-refractivity contribution < 1.29 is 27.9 Å². The van der Waals surface area contributed by atoms with Crippen LogP contribution in [0.4, 0.5) is 0 Å². The topological polar surface area (TPSA) is 113 Å². The van der Waals surface area contributed by atoms with E-state index in [4.69, 9.17) is 9.84 Å². The highest BCUT2D eigenvalue weighted by atomic mass is 32.2. The van der Waals surface area contributed by atoms with Crippen LogP contribution in [-0.2, 0) is 19.6 Å². The van der Waals surface area contributed by atoms with Gasteiger partial charge in [-0.05, 0) is 30.7 Å². The minimum Gasteiger partial charge on any atom is -0.481 e. The molecule has 1 aliphatic rings. The van der Waals surface area contributed by atoms with E-state index in [0.717, 1.165) is 0 Å². The fourth-order valence-corrected chi connectivity index (χ4v) is 4.10. The molecule has 1 saturated heterocycles. The van der Waals surface area contributed by atoms with Gasteiger partial charge in [0, 0.05) is 25.2 Å². The summed E-state index contributed by atoms with van der Waals surface area (Å²) in [6.45, 7) is 3.25. The van der Waals surface area contributed by atoms with E-state index < -0.39 is 27.8 Å². The summed E-state index contributed by atoms with van der Waals surface area (Å²) in [5.74, 6) is -2.01. The van der Waals surface area contributed by atoms with E-state index in [0.29, 0.717) is 39.1 Å². The van der Waals surface area contributed by atoms with Crippen molar-refractivity contribution in [1.82, 2.24) is 9.62 Å². The quantitative estimate of drug-likeness (QED) is 0.690. The lowest BCUT2D eigenvalue weighted by atomic mass is 10.0. The molecular formula is C17H24N2O6S. The predicted octanol–water partition coefficient (Wildman–Crippen LogP) is 0.938. The van der Waals surface area contributed by atoms with Gasteiger partial charge in [-0.2, -0.15) is 4.31 Å². The number of sulfonamides is 1. The average molecular weight is 384 g/mol. The van der Waals surface area contributed by atoms with Gasteiger partial charge in [0.2, 0.25) is 10.0 Å². The summed E-state index contributed by atoms with van der Waals surface area (Å²) in [5, 5.41) is 11.7. The summed E-state index contributed by atoms with van der Waals surface area (Å²) in [4.78, 5) is 23.4. The van der Waals surface area contributed by atoms with E-state index in [1.807, 2.05) is 6.92 Å². The smallest absolute Gasteiger partial charge is 0.308 e. The number of rotatable bonds is 8. The van der Waals surface area contributed by atoms with E-state index in [1.165, 1.54) is 28.6 Å². The number of morpholine rings is 1. The Kier molecular flexibility index (Phi) is 7.13. The standard InChI is InChI=1S/C17H24N2O6S/c1-2-3-14(17(21)22)12-18-16(20)13-4-6-15(7-5-13)26(23,24)19-8-10-25-11-9-19/h4-7,14H,2-3,8-12H2,1H3,(H,18,20)(H,21,22). The molecule has 1 aromatic rings. The van der Waals surface area contributed by atoms with Crippen LogP contribution in [0.1, 0.15) is 30.1 Å². The highest BCUT2D eigenvalue weighted by Crippen LogP contribution is 2.17. The molecule has 1 fully saturated rings. The van der Waals surface area contributed by atoms with Gasteiger partial charge in [0.15, 0.2) is 0 Å². The third-order valence-electron chi connectivity index (χ3n) is 4.22. The summed E-state index contributed by atoms with van der Waals surface area (Å²) in [6, 6.07) is 5.64. The minimum atomic E-state index is -3.60. The second-order valence-electron chi connectivity index (χ2n) is 6.07. The van der Waals surface area contributed by atoms with Gasteiger partial charge in [-0.1, -0.05) is 13.3 Å². The Morgan fingerprint density at radius 1 is 1.23 bits per heavy atom. The van der Waals surface area contributed by atoms with Crippen LogP contribution in [0.15, 0.2) is 29.2 Å². The molecule has 0 aromatic heterocycles. The molecule has 0 radical (unpaired) electrons. The van der Waals surface area contributed by atoms with Gasteiger partial charge in [-0.15, -0.1) is 0 Å². The lowest BCUT2D eigenvalue weighted by molar-refractivity contribution is -0.141. The second kappa shape index (κ2) is 9.11. The van der Waals surface area contributed by atoms with Crippen molar-refractivity contribution in [3.8, 4) is 0 Å². The number of amides is 1. The number of carbonyl (C=O) groups excluding carboxylic acids is 1. The fourth-order valence-electron chi connectivity index (χ4n) is 2.69. The highest BCUT2D eigenvalue weighted by molar-refractivity contribution is 7.89. The molecule has 0 aliphatic carbocycles. The Hall–Kier alpha value is -1.97. The number of hydrogen-bond acceptors (Lipinski definition) is 5. The van der Waals surface area contributed by atoms with Crippen LogP contribution in [-0.4, -0.2) is 62.6 Å². The lowest BCUT2D eigenvalue weighted by Crippen LogP contribution is -2.40. The van der Waals surface area contributed by atoms with E-state index in [1.54, 1.807) is 0 Å². The Morgan fingerprint density at radius 2 is 1.85 bits per heavy atom. The van der Waals surface area contributed by atoms with E-state index >= 15 is 0 Å². The number of carboxylic acids is 1. The van der Waals surface area contributed by atoms with Crippen molar-refractivity contribution >= 4 is 21.9 Å². The SMILES string of the molecule is CCCC(CNC(=O)c1ccc(S(=O)(=O)N2CCOCC2)cc1)C(=O)O. The van der Waals surface area contributed by atoms with Crippen molar-refractivity contribution in [3.05, 3.63) is 29.8 Å². The van der Waals surface area contributed by atoms with Crippen LogP contribution < -0.4 is 5.32 Å². The first-order chi connectivity index (χ1) is 12.4. The molecule has 26 heavy (non-hydrogen) atoms. The first-order valence-corrected chi connectivity index (χ1v) is 9.99. The number of nitrogens with zero attached hydrogens (tertiary/aromatic N) is 1.